The van der Waals surface area contributed by atoms with E-state index in [4.69, 9.17) is 0 Å². The predicted molar refractivity (Wildman–Crippen MR) is 152 cm³/mol. The van der Waals surface area contributed by atoms with E-state index in [0.717, 1.165) is 9.80 Å². The number of imide groups is 2. The molecule has 2 aromatic carbocycles. The normalized spacial score (nSPS) is 16.9. The van der Waals surface area contributed by atoms with Crippen molar-refractivity contribution in [2.24, 2.45) is 0 Å². The molecular weight excluding hydrogens is 556 g/mol. The van der Waals surface area contributed by atoms with E-state index in [1.54, 1.807) is 0 Å². The molecule has 12 heteroatoms. The third kappa shape index (κ3) is 5.22. The van der Waals surface area contributed by atoms with Crippen molar-refractivity contribution in [2.45, 2.75) is 63.1 Å². The molecule has 0 bridgehead atoms. The Labute approximate surface area is 239 Å². The van der Waals surface area contributed by atoms with Gasteiger partial charge in [0.2, 0.25) is 0 Å². The minimum absolute atomic E-state index is 0.00525. The van der Waals surface area contributed by atoms with Gasteiger partial charge in [-0.25, -0.2) is 9.59 Å². The van der Waals surface area contributed by atoms with E-state index in [0.29, 0.717) is 0 Å². The standard InChI is InChI=1S/C28H30N2O8S2/c1-27(2,3)39-11-17(25(35)36)29-21(31)13-7-9-15-20-16(10-8-14(19(13)20)22(29)32)24(34)30(23(15)33)18(26(37)38)12-40-28(4,5)6/h7-10,17-18H,11-12H2,1-6H3,(H,35,36)(H,37,38)/t17-,18-/m0/s1. The van der Waals surface area contributed by atoms with Crippen LogP contribution in [0.3, 0.4) is 0 Å². The molecule has 0 unspecified atom stereocenters. The molecule has 0 saturated carbocycles. The average molecular weight is 587 g/mol. The van der Waals surface area contributed by atoms with Gasteiger partial charge in [-0.15, -0.1) is 0 Å². The smallest absolute Gasteiger partial charge is 0.327 e. The molecule has 4 amide bonds. The number of hydrogen-bond donors (Lipinski definition) is 2. The molecule has 0 saturated heterocycles. The highest BCUT2D eigenvalue weighted by Crippen LogP contribution is 2.40. The second-order valence-corrected chi connectivity index (χ2v) is 15.3. The number of benzene rings is 2. The van der Waals surface area contributed by atoms with E-state index in [9.17, 15) is 39.0 Å². The fraction of sp³-hybridized carbons (Fsp3) is 0.429. The van der Waals surface area contributed by atoms with Gasteiger partial charge in [0.05, 0.1) is 0 Å². The summed E-state index contributed by atoms with van der Waals surface area (Å²) in [5.74, 6) is -6.07. The molecule has 2 heterocycles. The lowest BCUT2D eigenvalue weighted by Gasteiger charge is -2.36. The van der Waals surface area contributed by atoms with Gasteiger partial charge in [0.15, 0.2) is 0 Å². The van der Waals surface area contributed by atoms with E-state index in [2.05, 4.69) is 0 Å². The summed E-state index contributed by atoms with van der Waals surface area (Å²) in [5.41, 5.74) is -0.0210. The first-order chi connectivity index (χ1) is 18.4. The second kappa shape index (κ2) is 10.2. The summed E-state index contributed by atoms with van der Waals surface area (Å²) in [5, 5.41) is 20.0. The van der Waals surface area contributed by atoms with Crippen LogP contribution in [0.1, 0.15) is 83.0 Å². The SMILES string of the molecule is CC(C)(C)SC[C@@H](C(=O)O)N1C(=O)c2ccc3c4c(ccc(c24)C1=O)C(=O)N([C@@H](CSC(C)(C)C)C(=O)O)C3=O. The van der Waals surface area contributed by atoms with Gasteiger partial charge in [0.1, 0.15) is 12.1 Å². The number of rotatable bonds is 8. The van der Waals surface area contributed by atoms with Crippen molar-refractivity contribution in [3.63, 3.8) is 0 Å². The van der Waals surface area contributed by atoms with Gasteiger partial charge < -0.3 is 10.2 Å². The molecule has 10 nitrogen and oxygen atoms in total. The molecule has 0 aromatic heterocycles. The van der Waals surface area contributed by atoms with E-state index >= 15 is 0 Å². The van der Waals surface area contributed by atoms with Crippen molar-refractivity contribution in [3.05, 3.63) is 46.5 Å². The number of thioether (sulfide) groups is 2. The maximum Gasteiger partial charge on any atom is 0.327 e. The quantitative estimate of drug-likeness (QED) is 0.435. The first-order valence-corrected chi connectivity index (χ1v) is 14.5. The number of carboxylic acid groups (broad SMARTS) is 2. The Hall–Kier alpha value is -3.38. The number of carboxylic acids is 2. The fourth-order valence-corrected chi connectivity index (χ4v) is 6.55. The van der Waals surface area contributed by atoms with Crippen molar-refractivity contribution in [2.75, 3.05) is 11.5 Å². The molecule has 0 fully saturated rings. The lowest BCUT2D eigenvalue weighted by Crippen LogP contribution is -2.53. The highest BCUT2D eigenvalue weighted by atomic mass is 32.2. The number of hydrogen-bond acceptors (Lipinski definition) is 8. The zero-order valence-electron chi connectivity index (χ0n) is 22.9. The van der Waals surface area contributed by atoms with Gasteiger partial charge >= 0.3 is 11.9 Å². The van der Waals surface area contributed by atoms with Crippen molar-refractivity contribution in [1.82, 2.24) is 9.80 Å². The largest absolute Gasteiger partial charge is 0.480 e. The second-order valence-electron chi connectivity index (χ2n) is 11.6. The summed E-state index contributed by atoms with van der Waals surface area (Å²) in [4.78, 5) is 80.2. The topological polar surface area (TPSA) is 149 Å². The third-order valence-electron chi connectivity index (χ3n) is 6.50. The van der Waals surface area contributed by atoms with Gasteiger partial charge in [0.25, 0.3) is 23.6 Å². The molecular formula is C28H30N2O8S2. The molecule has 0 spiro atoms. The number of aliphatic carboxylic acids is 2. The van der Waals surface area contributed by atoms with Crippen LogP contribution in [-0.4, -0.2) is 88.7 Å². The Morgan fingerprint density at radius 1 is 0.625 bits per heavy atom. The van der Waals surface area contributed by atoms with Gasteiger partial charge in [0, 0.05) is 54.0 Å². The van der Waals surface area contributed by atoms with Crippen molar-refractivity contribution in [3.8, 4) is 0 Å². The lowest BCUT2D eigenvalue weighted by molar-refractivity contribution is -0.141. The van der Waals surface area contributed by atoms with Gasteiger partial charge in [-0.1, -0.05) is 41.5 Å². The predicted octanol–water partition coefficient (Wildman–Crippen LogP) is 4.00. The van der Waals surface area contributed by atoms with Crippen molar-refractivity contribution in [1.29, 1.82) is 0 Å². The summed E-state index contributed by atoms with van der Waals surface area (Å²) < 4.78 is -0.639. The van der Waals surface area contributed by atoms with Crippen molar-refractivity contribution < 1.29 is 39.0 Å². The van der Waals surface area contributed by atoms with E-state index in [1.807, 2.05) is 41.5 Å². The van der Waals surface area contributed by atoms with Crippen LogP contribution in [0.2, 0.25) is 0 Å². The first-order valence-electron chi connectivity index (χ1n) is 12.5. The van der Waals surface area contributed by atoms with Crippen LogP contribution in [0.5, 0.6) is 0 Å². The molecule has 2 atom stereocenters. The Kier molecular flexibility index (Phi) is 7.57. The Balaban J connectivity index is 1.82. The van der Waals surface area contributed by atoms with Crippen LogP contribution >= 0.6 is 23.5 Å². The van der Waals surface area contributed by atoms with Crippen LogP contribution in [0.15, 0.2) is 24.3 Å². The summed E-state index contributed by atoms with van der Waals surface area (Å²) >= 11 is 2.60. The Morgan fingerprint density at radius 2 is 0.875 bits per heavy atom. The Morgan fingerprint density at radius 3 is 1.07 bits per heavy atom. The van der Waals surface area contributed by atoms with Gasteiger partial charge in [-0.2, -0.15) is 23.5 Å². The monoisotopic (exact) mass is 586 g/mol. The van der Waals surface area contributed by atoms with Gasteiger partial charge in [-0.05, 0) is 24.3 Å². The molecule has 0 aliphatic carbocycles. The van der Waals surface area contributed by atoms with Crippen LogP contribution in [0.4, 0.5) is 0 Å². The number of nitrogens with zero attached hydrogens (tertiary/aromatic N) is 2. The summed E-state index contributed by atoms with van der Waals surface area (Å²) in [6, 6.07) is 2.44. The molecule has 40 heavy (non-hydrogen) atoms. The summed E-state index contributed by atoms with van der Waals surface area (Å²) in [6.45, 7) is 11.3. The fourth-order valence-electron chi connectivity index (χ4n) is 4.65. The average Bonchev–Trinajstić information content (AvgIpc) is 2.83. The maximum absolute atomic E-state index is 13.6. The number of carbonyl (C=O) groups is 6. The summed E-state index contributed by atoms with van der Waals surface area (Å²) in [7, 11) is 0. The molecule has 2 N–H and O–H groups in total. The van der Waals surface area contributed by atoms with E-state index < -0.39 is 47.7 Å². The minimum Gasteiger partial charge on any atom is -0.480 e. The maximum atomic E-state index is 13.6. The highest BCUT2D eigenvalue weighted by molar-refractivity contribution is 8.00. The highest BCUT2D eigenvalue weighted by Gasteiger charge is 2.46. The van der Waals surface area contributed by atoms with Crippen molar-refractivity contribution >= 4 is 69.9 Å². The van der Waals surface area contributed by atoms with Crippen LogP contribution in [-0.2, 0) is 9.59 Å². The van der Waals surface area contributed by atoms with E-state index in [-0.39, 0.29) is 54.0 Å². The lowest BCUT2D eigenvalue weighted by atomic mass is 9.85. The zero-order valence-corrected chi connectivity index (χ0v) is 24.6. The third-order valence-corrected chi connectivity index (χ3v) is 9.20. The van der Waals surface area contributed by atoms with Crippen LogP contribution < -0.4 is 0 Å². The number of carbonyl (C=O) groups excluding carboxylic acids is 4. The molecule has 2 aliphatic heterocycles. The van der Waals surface area contributed by atoms with Crippen LogP contribution in [0, 0.1) is 0 Å². The zero-order chi connectivity index (χ0) is 29.9. The molecule has 2 aromatic rings. The summed E-state index contributed by atoms with van der Waals surface area (Å²) in [6.07, 6.45) is 0. The molecule has 212 valence electrons. The van der Waals surface area contributed by atoms with E-state index in [1.165, 1.54) is 47.8 Å². The first kappa shape index (κ1) is 29.6. The number of amides is 4. The minimum atomic E-state index is -1.44. The van der Waals surface area contributed by atoms with Gasteiger partial charge in [-0.3, -0.25) is 29.0 Å². The Bertz CT molecular complexity index is 1310. The molecule has 2 aliphatic rings. The van der Waals surface area contributed by atoms with Crippen LogP contribution in [0.25, 0.3) is 10.8 Å². The molecule has 4 rings (SSSR count). The molecule has 0 radical (unpaired) electrons.